The van der Waals surface area contributed by atoms with Gasteiger partial charge in [0.25, 0.3) is 0 Å². The number of nitrogens with one attached hydrogen (secondary N) is 1. The van der Waals surface area contributed by atoms with Gasteiger partial charge in [-0.25, -0.2) is 4.98 Å². The Kier molecular flexibility index (Phi) is 3.85. The summed E-state index contributed by atoms with van der Waals surface area (Å²) in [5, 5.41) is 6.87. The second kappa shape index (κ2) is 5.37. The summed E-state index contributed by atoms with van der Waals surface area (Å²) in [5.74, 6) is 2.66. The van der Waals surface area contributed by atoms with Crippen molar-refractivity contribution in [2.45, 2.75) is 23.5 Å². The van der Waals surface area contributed by atoms with Crippen molar-refractivity contribution in [3.8, 4) is 0 Å². The Bertz CT molecular complexity index is 470. The zero-order valence-corrected chi connectivity index (χ0v) is 10.5. The Morgan fingerprint density at radius 3 is 2.88 bits per heavy atom. The van der Waals surface area contributed by atoms with Gasteiger partial charge in [0.2, 0.25) is 0 Å². The quantitative estimate of drug-likeness (QED) is 0.672. The highest BCUT2D eigenvalue weighted by molar-refractivity contribution is 7.98. The first-order chi connectivity index (χ1) is 7.79. The van der Waals surface area contributed by atoms with Crippen LogP contribution in [0.5, 0.6) is 0 Å². The molecule has 0 amide bonds. The molecule has 3 nitrogen and oxygen atoms in total. The fraction of sp³-hybridized carbons (Fsp3) is 0.273. The van der Waals surface area contributed by atoms with Crippen LogP contribution in [0.2, 0.25) is 0 Å². The number of nitrogens with zero attached hydrogens (tertiary/aromatic N) is 2. The number of halogens is 1. The van der Waals surface area contributed by atoms with E-state index in [0.717, 1.165) is 11.6 Å². The van der Waals surface area contributed by atoms with Crippen LogP contribution in [0.3, 0.4) is 0 Å². The molecule has 16 heavy (non-hydrogen) atoms. The van der Waals surface area contributed by atoms with E-state index in [4.69, 9.17) is 11.6 Å². The topological polar surface area (TPSA) is 41.6 Å². The lowest BCUT2D eigenvalue weighted by Gasteiger charge is -2.02. The molecule has 1 aromatic heterocycles. The number of rotatable bonds is 4. The van der Waals surface area contributed by atoms with Gasteiger partial charge in [-0.05, 0) is 18.6 Å². The van der Waals surface area contributed by atoms with Crippen molar-refractivity contribution in [1.29, 1.82) is 0 Å². The van der Waals surface area contributed by atoms with Crippen LogP contribution in [0.1, 0.15) is 17.2 Å². The standard InChI is InChI=1S/C11H12ClN3S/c1-8-4-2-3-5-9(8)16-7-11-13-10(6-12)14-15-11/h2-5H,6-7H2,1H3,(H,13,14,15). The maximum Gasteiger partial charge on any atom is 0.165 e. The van der Waals surface area contributed by atoms with E-state index in [1.54, 1.807) is 11.8 Å². The van der Waals surface area contributed by atoms with Gasteiger partial charge < -0.3 is 0 Å². The molecular weight excluding hydrogens is 242 g/mol. The highest BCUT2D eigenvalue weighted by Crippen LogP contribution is 2.24. The summed E-state index contributed by atoms with van der Waals surface area (Å²) in [5.41, 5.74) is 1.28. The van der Waals surface area contributed by atoms with Crippen molar-refractivity contribution in [3.63, 3.8) is 0 Å². The third kappa shape index (κ3) is 2.77. The monoisotopic (exact) mass is 253 g/mol. The third-order valence-corrected chi connectivity index (χ3v) is 3.58. The number of H-pyrrole nitrogens is 1. The molecule has 2 aromatic rings. The number of thioether (sulfide) groups is 1. The summed E-state index contributed by atoms with van der Waals surface area (Å²) in [6, 6.07) is 8.30. The minimum Gasteiger partial charge on any atom is -0.262 e. The summed E-state index contributed by atoms with van der Waals surface area (Å²) in [4.78, 5) is 5.52. The molecule has 0 bridgehead atoms. The number of aryl methyl sites for hydroxylation is 1. The van der Waals surface area contributed by atoms with Crippen molar-refractivity contribution < 1.29 is 0 Å². The summed E-state index contributed by atoms with van der Waals surface area (Å²) in [6.45, 7) is 2.10. The predicted octanol–water partition coefficient (Wildman–Crippen LogP) is 3.14. The number of aromatic nitrogens is 3. The van der Waals surface area contributed by atoms with Gasteiger partial charge >= 0.3 is 0 Å². The summed E-state index contributed by atoms with van der Waals surface area (Å²) < 4.78 is 0. The maximum absolute atomic E-state index is 5.63. The van der Waals surface area contributed by atoms with Crippen LogP contribution in [0, 0.1) is 6.92 Å². The lowest BCUT2D eigenvalue weighted by molar-refractivity contribution is 1.00. The molecule has 1 N–H and O–H groups in total. The highest BCUT2D eigenvalue weighted by atomic mass is 35.5. The van der Waals surface area contributed by atoms with Gasteiger partial charge in [-0.2, -0.15) is 5.10 Å². The maximum atomic E-state index is 5.63. The fourth-order valence-electron chi connectivity index (χ4n) is 1.32. The van der Waals surface area contributed by atoms with Crippen LogP contribution in [0.4, 0.5) is 0 Å². The molecule has 0 aliphatic rings. The van der Waals surface area contributed by atoms with Crippen LogP contribution in [-0.4, -0.2) is 15.2 Å². The second-order valence-electron chi connectivity index (χ2n) is 3.39. The SMILES string of the molecule is Cc1ccccc1SCc1nc(CCl)n[nH]1. The molecule has 0 saturated carbocycles. The van der Waals surface area contributed by atoms with E-state index in [0.29, 0.717) is 11.7 Å². The molecule has 0 aliphatic heterocycles. The first-order valence-electron chi connectivity index (χ1n) is 4.94. The molecule has 0 spiro atoms. The molecular formula is C11H12ClN3S. The van der Waals surface area contributed by atoms with Crippen LogP contribution >= 0.6 is 23.4 Å². The minimum atomic E-state index is 0.353. The van der Waals surface area contributed by atoms with Gasteiger partial charge in [0.1, 0.15) is 5.82 Å². The molecule has 84 valence electrons. The average molecular weight is 254 g/mol. The van der Waals surface area contributed by atoms with Crippen LogP contribution in [0.15, 0.2) is 29.2 Å². The van der Waals surface area contributed by atoms with Crippen LogP contribution in [0.25, 0.3) is 0 Å². The zero-order chi connectivity index (χ0) is 11.4. The molecule has 2 rings (SSSR count). The van der Waals surface area contributed by atoms with Gasteiger partial charge in [-0.15, -0.1) is 23.4 Å². The molecule has 1 aromatic carbocycles. The van der Waals surface area contributed by atoms with Crippen molar-refractivity contribution in [2.75, 3.05) is 0 Å². The summed E-state index contributed by atoms with van der Waals surface area (Å²) >= 11 is 7.38. The highest BCUT2D eigenvalue weighted by Gasteiger charge is 2.03. The molecule has 5 heteroatoms. The average Bonchev–Trinajstić information content (AvgIpc) is 2.76. The Labute approximate surface area is 104 Å². The number of hydrogen-bond acceptors (Lipinski definition) is 3. The molecule has 0 saturated heterocycles. The molecule has 0 unspecified atom stereocenters. The minimum absolute atomic E-state index is 0.353. The number of aromatic amines is 1. The Morgan fingerprint density at radius 2 is 2.19 bits per heavy atom. The summed E-state index contributed by atoms with van der Waals surface area (Å²) in [6.07, 6.45) is 0. The molecule has 0 aliphatic carbocycles. The largest absolute Gasteiger partial charge is 0.262 e. The molecule has 0 atom stereocenters. The van der Waals surface area contributed by atoms with E-state index in [-0.39, 0.29) is 0 Å². The van der Waals surface area contributed by atoms with Crippen molar-refractivity contribution in [3.05, 3.63) is 41.5 Å². The van der Waals surface area contributed by atoms with E-state index in [2.05, 4.69) is 34.2 Å². The van der Waals surface area contributed by atoms with Crippen LogP contribution in [-0.2, 0) is 11.6 Å². The van der Waals surface area contributed by atoms with Gasteiger partial charge in [-0.1, -0.05) is 18.2 Å². The van der Waals surface area contributed by atoms with Gasteiger partial charge in [0, 0.05) is 4.90 Å². The molecule has 1 heterocycles. The Morgan fingerprint density at radius 1 is 1.38 bits per heavy atom. The van der Waals surface area contributed by atoms with E-state index in [1.807, 2.05) is 12.1 Å². The number of benzene rings is 1. The molecule has 0 fully saturated rings. The van der Waals surface area contributed by atoms with E-state index in [1.165, 1.54) is 10.5 Å². The predicted molar refractivity (Wildman–Crippen MR) is 66.7 cm³/mol. The third-order valence-electron chi connectivity index (χ3n) is 2.16. The van der Waals surface area contributed by atoms with Crippen molar-refractivity contribution >= 4 is 23.4 Å². The first kappa shape index (κ1) is 11.5. The number of alkyl halides is 1. The first-order valence-corrected chi connectivity index (χ1v) is 6.46. The van der Waals surface area contributed by atoms with Crippen LogP contribution < -0.4 is 0 Å². The van der Waals surface area contributed by atoms with Gasteiger partial charge in [0.05, 0.1) is 11.6 Å². The smallest absolute Gasteiger partial charge is 0.165 e. The second-order valence-corrected chi connectivity index (χ2v) is 4.67. The normalized spacial score (nSPS) is 10.6. The Hall–Kier alpha value is -1.00. The van der Waals surface area contributed by atoms with E-state index < -0.39 is 0 Å². The van der Waals surface area contributed by atoms with E-state index >= 15 is 0 Å². The summed E-state index contributed by atoms with van der Waals surface area (Å²) in [7, 11) is 0. The lowest BCUT2D eigenvalue weighted by Crippen LogP contribution is -1.86. The van der Waals surface area contributed by atoms with Crippen molar-refractivity contribution in [1.82, 2.24) is 15.2 Å². The Balaban J connectivity index is 1.99. The molecule has 0 radical (unpaired) electrons. The van der Waals surface area contributed by atoms with Crippen molar-refractivity contribution in [2.24, 2.45) is 0 Å². The number of hydrogen-bond donors (Lipinski definition) is 1. The fourth-order valence-corrected chi connectivity index (χ4v) is 2.33. The van der Waals surface area contributed by atoms with E-state index in [9.17, 15) is 0 Å². The lowest BCUT2D eigenvalue weighted by atomic mass is 10.2. The van der Waals surface area contributed by atoms with Gasteiger partial charge in [-0.3, -0.25) is 5.10 Å². The van der Waals surface area contributed by atoms with Gasteiger partial charge in [0.15, 0.2) is 5.82 Å². The zero-order valence-electron chi connectivity index (χ0n) is 8.90.